The first-order chi connectivity index (χ1) is 11.8. The Kier molecular flexibility index (Phi) is 5.08. The Morgan fingerprint density at radius 2 is 1.85 bits per heavy atom. The van der Waals surface area contributed by atoms with Crippen LogP contribution in [0.15, 0.2) is 11.3 Å². The number of carbonyl (C=O) groups excluding carboxylic acids is 2. The van der Waals surface area contributed by atoms with E-state index in [1.54, 1.807) is 11.8 Å². The molecule has 26 heavy (non-hydrogen) atoms. The molecular weight excluding hydrogens is 471 g/mol. The Morgan fingerprint density at radius 1 is 1.27 bits per heavy atom. The quantitative estimate of drug-likeness (QED) is 0.208. The lowest BCUT2D eigenvalue weighted by molar-refractivity contribution is -0.940. The van der Waals surface area contributed by atoms with Crippen molar-refractivity contribution in [2.24, 2.45) is 16.9 Å². The topological polar surface area (TPSA) is 127 Å². The van der Waals surface area contributed by atoms with Gasteiger partial charge >= 0.3 is 5.97 Å². The van der Waals surface area contributed by atoms with Crippen molar-refractivity contribution in [3.05, 3.63) is 11.3 Å². The lowest BCUT2D eigenvalue weighted by Crippen LogP contribution is -3.00. The zero-order chi connectivity index (χ0) is 18.0. The van der Waals surface area contributed by atoms with Gasteiger partial charge in [-0.15, -0.1) is 11.8 Å². The van der Waals surface area contributed by atoms with Crippen molar-refractivity contribution in [3.63, 3.8) is 0 Å². The van der Waals surface area contributed by atoms with Crippen LogP contribution in [0.1, 0.15) is 19.3 Å². The van der Waals surface area contributed by atoms with Crippen molar-refractivity contribution in [1.82, 2.24) is 4.90 Å². The van der Waals surface area contributed by atoms with Gasteiger partial charge in [0.1, 0.15) is 23.7 Å². The molecular formula is C16H23IN4O4S. The van der Waals surface area contributed by atoms with Crippen LogP contribution in [-0.2, 0) is 14.4 Å². The van der Waals surface area contributed by atoms with Crippen molar-refractivity contribution in [1.29, 1.82) is 0 Å². The molecule has 0 aromatic heterocycles. The summed E-state index contributed by atoms with van der Waals surface area (Å²) in [6.45, 7) is 3.12. The van der Waals surface area contributed by atoms with Crippen molar-refractivity contribution < 1.29 is 47.9 Å². The fourth-order valence-electron chi connectivity index (χ4n) is 4.78. The van der Waals surface area contributed by atoms with E-state index >= 15 is 0 Å². The summed E-state index contributed by atoms with van der Waals surface area (Å²) in [5.41, 5.74) is 12.0. The third kappa shape index (κ3) is 2.76. The van der Waals surface area contributed by atoms with Crippen molar-refractivity contribution in [2.45, 2.75) is 30.7 Å². The van der Waals surface area contributed by atoms with Gasteiger partial charge in [0.2, 0.25) is 11.8 Å². The van der Waals surface area contributed by atoms with Crippen molar-refractivity contribution in [2.75, 3.05) is 31.9 Å². The molecule has 8 nitrogen and oxygen atoms in total. The highest BCUT2D eigenvalue weighted by Gasteiger charge is 2.55. The molecule has 5 aliphatic rings. The predicted molar refractivity (Wildman–Crippen MR) is 90.9 cm³/mol. The van der Waals surface area contributed by atoms with Gasteiger partial charge in [-0.05, 0) is 0 Å². The summed E-state index contributed by atoms with van der Waals surface area (Å²) in [5.74, 6) is -0.979. The van der Waals surface area contributed by atoms with Gasteiger partial charge < -0.3 is 45.0 Å². The first-order valence-corrected chi connectivity index (χ1v) is 9.64. The number of carboxylic acid groups (broad SMARTS) is 1. The van der Waals surface area contributed by atoms with E-state index in [9.17, 15) is 19.5 Å². The second kappa shape index (κ2) is 6.64. The first kappa shape index (κ1) is 19.9. The maximum atomic E-state index is 12.1. The van der Waals surface area contributed by atoms with E-state index in [4.69, 9.17) is 11.5 Å². The van der Waals surface area contributed by atoms with Crippen LogP contribution in [0.4, 0.5) is 0 Å². The number of halogens is 1. The van der Waals surface area contributed by atoms with Gasteiger partial charge in [0.15, 0.2) is 0 Å². The number of carbonyl (C=O) groups is 3. The van der Waals surface area contributed by atoms with Gasteiger partial charge in [-0.1, -0.05) is 0 Å². The molecule has 10 heteroatoms. The Bertz CT molecular complexity index is 688. The average Bonchev–Trinajstić information content (AvgIpc) is 2.61. The number of primary amides is 1. The first-order valence-electron chi connectivity index (χ1n) is 8.59. The lowest BCUT2D eigenvalue weighted by atomic mass is 9.70. The van der Waals surface area contributed by atoms with Crippen LogP contribution in [0.5, 0.6) is 0 Å². The van der Waals surface area contributed by atoms with Gasteiger partial charge in [0.05, 0.1) is 25.0 Å². The van der Waals surface area contributed by atoms with E-state index in [1.165, 1.54) is 4.90 Å². The molecule has 0 saturated carbocycles. The van der Waals surface area contributed by atoms with E-state index in [2.05, 4.69) is 0 Å². The largest absolute Gasteiger partial charge is 1.00 e. The van der Waals surface area contributed by atoms with Crippen LogP contribution < -0.4 is 35.4 Å². The zero-order valence-electron chi connectivity index (χ0n) is 14.3. The van der Waals surface area contributed by atoms with E-state index in [0.29, 0.717) is 12.3 Å². The number of β-lactam (4-membered cyclic amide) rings is 1. The van der Waals surface area contributed by atoms with Crippen LogP contribution >= 0.6 is 11.8 Å². The highest BCUT2D eigenvalue weighted by atomic mass is 127. The molecule has 5 heterocycles. The maximum Gasteiger partial charge on any atom is 0.352 e. The lowest BCUT2D eigenvalue weighted by Gasteiger charge is -2.55. The second-order valence-corrected chi connectivity index (χ2v) is 8.86. The predicted octanol–water partition coefficient (Wildman–Crippen LogP) is -3.94. The second-order valence-electron chi connectivity index (χ2n) is 7.76. The number of amides is 2. The number of quaternary nitrogens is 1. The third-order valence-corrected chi connectivity index (χ3v) is 7.89. The molecule has 4 fully saturated rings. The van der Waals surface area contributed by atoms with Crippen LogP contribution in [0, 0.1) is 5.41 Å². The minimum absolute atomic E-state index is 0. The van der Waals surface area contributed by atoms with Crippen LogP contribution in [0.3, 0.4) is 0 Å². The molecule has 5 N–H and O–H groups in total. The maximum absolute atomic E-state index is 12.1. The Morgan fingerprint density at radius 3 is 2.35 bits per heavy atom. The molecule has 4 saturated heterocycles. The van der Waals surface area contributed by atoms with Gasteiger partial charge in [-0.2, -0.15) is 0 Å². The summed E-state index contributed by atoms with van der Waals surface area (Å²) in [6.07, 6.45) is 2.30. The van der Waals surface area contributed by atoms with E-state index < -0.39 is 12.0 Å². The Hall–Kier alpha value is -0.850. The minimum atomic E-state index is -1.06. The minimum Gasteiger partial charge on any atom is -1.00 e. The zero-order valence-corrected chi connectivity index (χ0v) is 17.3. The fraction of sp³-hybridized carbons (Fsp3) is 0.688. The molecule has 2 atom stereocenters. The van der Waals surface area contributed by atoms with Gasteiger partial charge in [-0.25, -0.2) is 4.79 Å². The molecule has 0 aromatic carbocycles. The highest BCUT2D eigenvalue weighted by Crippen LogP contribution is 2.46. The smallest absolute Gasteiger partial charge is 0.352 e. The summed E-state index contributed by atoms with van der Waals surface area (Å²) in [5, 5.41) is 9.42. The summed E-state index contributed by atoms with van der Waals surface area (Å²) >= 11 is 1.54. The SMILES string of the molecule is NC(=O)C12CC[N+](CC3=C(C(=O)O)N4C(=O)C(N)C4SC3)(CC1)CC2.[I-]. The number of hydrogen-bond acceptors (Lipinski definition) is 5. The Balaban J connectivity index is 0.00000196. The van der Waals surface area contributed by atoms with Crippen molar-refractivity contribution >= 4 is 29.5 Å². The van der Waals surface area contributed by atoms with Crippen LogP contribution in [-0.4, -0.2) is 75.6 Å². The summed E-state index contributed by atoms with van der Waals surface area (Å²) in [4.78, 5) is 37.0. The molecule has 2 bridgehead atoms. The molecule has 0 spiro atoms. The normalized spacial score (nSPS) is 38.3. The average molecular weight is 494 g/mol. The van der Waals surface area contributed by atoms with Crippen molar-refractivity contribution in [3.8, 4) is 0 Å². The van der Waals surface area contributed by atoms with E-state index in [0.717, 1.165) is 49.0 Å². The molecule has 2 amide bonds. The molecule has 0 aromatic rings. The van der Waals surface area contributed by atoms with Crippen LogP contribution in [0.2, 0.25) is 0 Å². The number of aliphatic carboxylic acids is 1. The number of carboxylic acids is 1. The number of thioether (sulfide) groups is 1. The van der Waals surface area contributed by atoms with Gasteiger partial charge in [0, 0.05) is 30.6 Å². The molecule has 144 valence electrons. The van der Waals surface area contributed by atoms with E-state index in [-0.39, 0.29) is 52.3 Å². The number of hydrogen-bond donors (Lipinski definition) is 3. The standard InChI is InChI=1S/C16H22N4O4S.HI/c17-10-12(21)19-11(14(22)23)9(8-25-13(10)19)7-20-4-1-16(2-5-20,3-6-20)15(18)24;/h10,13H,1-8,17H2,(H2-,18,22,23,24);1H. The molecule has 2 unspecified atom stereocenters. The molecule has 0 radical (unpaired) electrons. The highest BCUT2D eigenvalue weighted by molar-refractivity contribution is 8.00. The monoisotopic (exact) mass is 494 g/mol. The van der Waals surface area contributed by atoms with E-state index in [1.807, 2.05) is 0 Å². The number of nitrogens with two attached hydrogens (primary N) is 2. The summed E-state index contributed by atoms with van der Waals surface area (Å²) < 4.78 is 0.792. The number of fused-ring (bicyclic) bond motifs is 4. The Labute approximate surface area is 172 Å². The van der Waals surface area contributed by atoms with Gasteiger partial charge in [-0.3, -0.25) is 14.5 Å². The third-order valence-electron chi connectivity index (χ3n) is 6.53. The summed E-state index contributed by atoms with van der Waals surface area (Å²) in [6, 6.07) is -0.603. The summed E-state index contributed by atoms with van der Waals surface area (Å²) in [7, 11) is 0. The molecule has 0 aliphatic carbocycles. The number of rotatable bonds is 4. The molecule has 5 aliphatic heterocycles. The van der Waals surface area contributed by atoms with Gasteiger partial charge in [0.25, 0.3) is 0 Å². The fourth-order valence-corrected chi connectivity index (χ4v) is 6.06. The van der Waals surface area contributed by atoms with Crippen LogP contribution in [0.25, 0.3) is 0 Å². The number of nitrogens with zero attached hydrogens (tertiary/aromatic N) is 2. The molecule has 5 rings (SSSR count). The number of piperidine rings is 3.